The maximum Gasteiger partial charge on any atom is 0.236 e. The summed E-state index contributed by atoms with van der Waals surface area (Å²) in [6.45, 7) is 3.70. The minimum atomic E-state index is -0.0275. The quantitative estimate of drug-likeness (QED) is 0.688. The summed E-state index contributed by atoms with van der Waals surface area (Å²) in [7, 11) is 0. The van der Waals surface area contributed by atoms with Gasteiger partial charge in [-0.15, -0.1) is 0 Å². The fourth-order valence-corrected chi connectivity index (χ4v) is 5.48. The van der Waals surface area contributed by atoms with Gasteiger partial charge >= 0.3 is 0 Å². The number of allylic oxidation sites excluding steroid dienone is 10. The van der Waals surface area contributed by atoms with Crippen LogP contribution < -0.4 is 0 Å². The van der Waals surface area contributed by atoms with Gasteiger partial charge in [0, 0.05) is 36.7 Å². The third kappa shape index (κ3) is 3.70. The Kier molecular flexibility index (Phi) is 5.19. The van der Waals surface area contributed by atoms with Gasteiger partial charge in [-0.2, -0.15) is 5.26 Å². The molecule has 0 radical (unpaired) electrons. The van der Waals surface area contributed by atoms with Gasteiger partial charge in [0.2, 0.25) is 5.91 Å². The molecule has 3 aliphatic carbocycles. The second-order valence-corrected chi connectivity index (χ2v) is 9.03. The van der Waals surface area contributed by atoms with Crippen LogP contribution in [0, 0.1) is 23.2 Å². The molecule has 0 spiro atoms. The number of piperidine rings is 1. The molecule has 0 N–H and O–H groups in total. The smallest absolute Gasteiger partial charge is 0.236 e. The van der Waals surface area contributed by atoms with E-state index in [1.54, 1.807) is 0 Å². The predicted molar refractivity (Wildman–Crippen MR) is 123 cm³/mol. The lowest BCUT2D eigenvalue weighted by atomic mass is 9.85. The van der Waals surface area contributed by atoms with Crippen molar-refractivity contribution in [3.63, 3.8) is 0 Å². The van der Waals surface area contributed by atoms with Crippen molar-refractivity contribution in [1.29, 1.82) is 5.26 Å². The first-order chi connectivity index (χ1) is 15.1. The number of nitriles is 1. The van der Waals surface area contributed by atoms with E-state index in [0.717, 1.165) is 38.0 Å². The van der Waals surface area contributed by atoms with Crippen molar-refractivity contribution in [2.45, 2.75) is 38.5 Å². The number of likely N-dealkylation sites (tertiary alicyclic amines) is 1. The molecule has 0 aromatic carbocycles. The van der Waals surface area contributed by atoms with Crippen molar-refractivity contribution in [1.82, 2.24) is 9.88 Å². The number of nitrogens with zero attached hydrogens (tertiary/aromatic N) is 3. The Labute approximate surface area is 184 Å². The van der Waals surface area contributed by atoms with Gasteiger partial charge in [0.15, 0.2) is 0 Å². The molecule has 1 amide bonds. The van der Waals surface area contributed by atoms with Crippen LogP contribution >= 0.6 is 0 Å². The topological polar surface area (TPSA) is 57.0 Å². The van der Waals surface area contributed by atoms with Crippen molar-refractivity contribution < 1.29 is 4.79 Å². The molecule has 1 aliphatic heterocycles. The zero-order chi connectivity index (χ0) is 21.4. The SMILES string of the molecule is CC1=CC(CC2CCCN(C(=O)CC#N)C2)c2cc(C3=C4C=CC=CC4C=C3)cnc21. The zero-order valence-electron chi connectivity index (χ0n) is 17.9. The second-order valence-electron chi connectivity index (χ2n) is 9.03. The maximum absolute atomic E-state index is 12.2. The minimum absolute atomic E-state index is 0.0130. The number of hydrogen-bond acceptors (Lipinski definition) is 3. The average molecular weight is 410 g/mol. The summed E-state index contributed by atoms with van der Waals surface area (Å²) in [6, 6.07) is 4.33. The summed E-state index contributed by atoms with van der Waals surface area (Å²) in [5.74, 6) is 1.15. The van der Waals surface area contributed by atoms with E-state index in [0.29, 0.717) is 17.8 Å². The lowest BCUT2D eigenvalue weighted by Gasteiger charge is -2.33. The molecule has 1 aromatic rings. The van der Waals surface area contributed by atoms with Gasteiger partial charge in [-0.3, -0.25) is 9.78 Å². The molecule has 0 bridgehead atoms. The van der Waals surface area contributed by atoms with Crippen LogP contribution in [0.25, 0.3) is 11.1 Å². The highest BCUT2D eigenvalue weighted by atomic mass is 16.2. The fraction of sp³-hybridized carbons (Fsp3) is 0.370. The standard InChI is InChI=1S/C27H27N3O/c1-18-13-21(14-19-5-4-12-30(17-19)26(31)10-11-28)25-15-22(16-29-27(18)25)24-9-8-20-6-2-3-7-23(20)24/h2-3,6-9,13,15-16,19-21H,4-5,10,12,14,17H2,1H3. The predicted octanol–water partition coefficient (Wildman–Crippen LogP) is 5.19. The molecule has 0 saturated carbocycles. The summed E-state index contributed by atoms with van der Waals surface area (Å²) in [6.07, 6.45) is 20.7. The Bertz CT molecular complexity index is 1110. The molecule has 3 unspecified atom stereocenters. The van der Waals surface area contributed by atoms with E-state index in [2.05, 4.69) is 55.5 Å². The lowest BCUT2D eigenvalue weighted by Crippen LogP contribution is -2.40. The highest BCUT2D eigenvalue weighted by Gasteiger charge is 2.30. The highest BCUT2D eigenvalue weighted by molar-refractivity contribution is 5.84. The van der Waals surface area contributed by atoms with E-state index in [1.165, 1.54) is 27.8 Å². The van der Waals surface area contributed by atoms with Crippen LogP contribution in [-0.2, 0) is 4.79 Å². The van der Waals surface area contributed by atoms with Crippen LogP contribution in [0.3, 0.4) is 0 Å². The number of carbonyl (C=O) groups is 1. The first kappa shape index (κ1) is 19.8. The van der Waals surface area contributed by atoms with Gasteiger partial charge in [-0.1, -0.05) is 42.5 Å². The Balaban J connectivity index is 1.38. The molecule has 156 valence electrons. The van der Waals surface area contributed by atoms with Crippen molar-refractivity contribution in [2.75, 3.05) is 13.1 Å². The molecular weight excluding hydrogens is 382 g/mol. The van der Waals surface area contributed by atoms with Crippen LogP contribution in [0.15, 0.2) is 60.4 Å². The zero-order valence-corrected chi connectivity index (χ0v) is 17.9. The average Bonchev–Trinajstić information content (AvgIpc) is 3.35. The first-order valence-corrected chi connectivity index (χ1v) is 11.2. The van der Waals surface area contributed by atoms with Gasteiger partial charge < -0.3 is 4.90 Å². The van der Waals surface area contributed by atoms with E-state index in [4.69, 9.17) is 10.2 Å². The summed E-state index contributed by atoms with van der Waals surface area (Å²) >= 11 is 0. The Hall–Kier alpha value is -3.19. The van der Waals surface area contributed by atoms with Crippen LogP contribution in [0.1, 0.15) is 55.3 Å². The molecule has 1 saturated heterocycles. The van der Waals surface area contributed by atoms with Crippen molar-refractivity contribution in [3.05, 3.63) is 77.2 Å². The van der Waals surface area contributed by atoms with Crippen molar-refractivity contribution in [2.24, 2.45) is 11.8 Å². The number of aromatic nitrogens is 1. The summed E-state index contributed by atoms with van der Waals surface area (Å²) in [5.41, 5.74) is 7.49. The number of amides is 1. The number of carbonyl (C=O) groups excluding carboxylic acids is 1. The van der Waals surface area contributed by atoms with Crippen LogP contribution in [-0.4, -0.2) is 28.9 Å². The normalized spacial score (nSPS) is 26.0. The summed E-state index contributed by atoms with van der Waals surface area (Å²) in [5, 5.41) is 8.86. The monoisotopic (exact) mass is 409 g/mol. The van der Waals surface area contributed by atoms with Gasteiger partial charge in [-0.25, -0.2) is 0 Å². The van der Waals surface area contributed by atoms with Crippen LogP contribution in [0.4, 0.5) is 0 Å². The van der Waals surface area contributed by atoms with Gasteiger partial charge in [-0.05, 0) is 60.5 Å². The van der Waals surface area contributed by atoms with E-state index >= 15 is 0 Å². The van der Waals surface area contributed by atoms with E-state index in [-0.39, 0.29) is 12.3 Å². The largest absolute Gasteiger partial charge is 0.342 e. The molecule has 3 atom stereocenters. The highest BCUT2D eigenvalue weighted by Crippen LogP contribution is 2.42. The molecule has 1 aromatic heterocycles. The van der Waals surface area contributed by atoms with E-state index in [9.17, 15) is 4.79 Å². The summed E-state index contributed by atoms with van der Waals surface area (Å²) in [4.78, 5) is 18.9. The van der Waals surface area contributed by atoms with E-state index in [1.807, 2.05) is 17.2 Å². The molecule has 4 heteroatoms. The van der Waals surface area contributed by atoms with Crippen LogP contribution in [0.2, 0.25) is 0 Å². The molecule has 31 heavy (non-hydrogen) atoms. The van der Waals surface area contributed by atoms with Crippen molar-refractivity contribution in [3.8, 4) is 6.07 Å². The number of rotatable bonds is 4. The number of hydrogen-bond donors (Lipinski definition) is 0. The Morgan fingerprint density at radius 1 is 1.29 bits per heavy atom. The van der Waals surface area contributed by atoms with Crippen molar-refractivity contribution >= 4 is 17.1 Å². The fourth-order valence-electron chi connectivity index (χ4n) is 5.48. The Morgan fingerprint density at radius 2 is 2.19 bits per heavy atom. The third-order valence-corrected chi connectivity index (χ3v) is 6.99. The lowest BCUT2D eigenvalue weighted by molar-refractivity contribution is -0.132. The second kappa shape index (κ2) is 8.15. The molecule has 5 rings (SSSR count). The Morgan fingerprint density at radius 3 is 3.06 bits per heavy atom. The van der Waals surface area contributed by atoms with Gasteiger partial charge in [0.25, 0.3) is 0 Å². The van der Waals surface area contributed by atoms with Gasteiger partial charge in [0.1, 0.15) is 6.42 Å². The maximum atomic E-state index is 12.2. The van der Waals surface area contributed by atoms with E-state index < -0.39 is 0 Å². The molecular formula is C27H27N3O. The third-order valence-electron chi connectivity index (χ3n) is 6.99. The molecule has 1 fully saturated rings. The first-order valence-electron chi connectivity index (χ1n) is 11.2. The number of pyridine rings is 1. The summed E-state index contributed by atoms with van der Waals surface area (Å²) < 4.78 is 0. The number of fused-ring (bicyclic) bond motifs is 2. The van der Waals surface area contributed by atoms with Crippen LogP contribution in [0.5, 0.6) is 0 Å². The molecule has 4 aliphatic rings. The minimum Gasteiger partial charge on any atom is -0.342 e. The van der Waals surface area contributed by atoms with Gasteiger partial charge in [0.05, 0.1) is 11.8 Å². The molecule has 2 heterocycles. The molecule has 4 nitrogen and oxygen atoms in total.